The van der Waals surface area contributed by atoms with E-state index in [2.05, 4.69) is 25.8 Å². The van der Waals surface area contributed by atoms with Gasteiger partial charge in [-0.1, -0.05) is 12.1 Å². The van der Waals surface area contributed by atoms with Crippen LogP contribution < -0.4 is 4.72 Å². The number of rotatable bonds is 5. The summed E-state index contributed by atoms with van der Waals surface area (Å²) < 4.78 is 29.3. The zero-order valence-corrected chi connectivity index (χ0v) is 12.7. The van der Waals surface area contributed by atoms with Gasteiger partial charge in [0.1, 0.15) is 0 Å². The first-order chi connectivity index (χ1) is 8.99. The Balaban J connectivity index is 2.11. The van der Waals surface area contributed by atoms with Gasteiger partial charge in [0.25, 0.3) is 0 Å². The van der Waals surface area contributed by atoms with Gasteiger partial charge in [-0.3, -0.25) is 4.68 Å². The van der Waals surface area contributed by atoms with Gasteiger partial charge >= 0.3 is 0 Å². The highest BCUT2D eigenvalue weighted by atomic mass is 79.9. The molecule has 0 saturated heterocycles. The molecule has 7 heteroatoms. The zero-order chi connectivity index (χ0) is 13.9. The lowest BCUT2D eigenvalue weighted by Gasteiger charge is -2.15. The van der Waals surface area contributed by atoms with Crippen molar-refractivity contribution < 1.29 is 8.42 Å². The molecular formula is C12H14BrN3O2S. The minimum Gasteiger partial charge on any atom is -0.271 e. The van der Waals surface area contributed by atoms with Gasteiger partial charge in [-0.05, 0) is 41.1 Å². The van der Waals surface area contributed by atoms with Gasteiger partial charge in [0.2, 0.25) is 10.0 Å². The van der Waals surface area contributed by atoms with Gasteiger partial charge < -0.3 is 0 Å². The summed E-state index contributed by atoms with van der Waals surface area (Å²) in [5.74, 6) is 0. The van der Waals surface area contributed by atoms with E-state index in [0.29, 0.717) is 11.0 Å². The second-order valence-electron chi connectivity index (χ2n) is 4.18. The molecule has 1 aromatic carbocycles. The summed E-state index contributed by atoms with van der Waals surface area (Å²) in [4.78, 5) is 0.238. The Morgan fingerprint density at radius 2 is 2.11 bits per heavy atom. The number of hydrogen-bond acceptors (Lipinski definition) is 3. The van der Waals surface area contributed by atoms with E-state index in [1.165, 1.54) is 0 Å². The Labute approximate surface area is 120 Å². The molecule has 0 fully saturated rings. The molecular weight excluding hydrogens is 330 g/mol. The zero-order valence-electron chi connectivity index (χ0n) is 10.3. The molecule has 1 aromatic heterocycles. The van der Waals surface area contributed by atoms with E-state index < -0.39 is 10.0 Å². The highest BCUT2D eigenvalue weighted by Gasteiger charge is 2.19. The Morgan fingerprint density at radius 3 is 2.74 bits per heavy atom. The van der Waals surface area contributed by atoms with Crippen LogP contribution in [0.15, 0.2) is 52.1 Å². The van der Waals surface area contributed by atoms with Crippen LogP contribution in [0.5, 0.6) is 0 Å². The van der Waals surface area contributed by atoms with E-state index in [4.69, 9.17) is 0 Å². The predicted molar refractivity (Wildman–Crippen MR) is 76.2 cm³/mol. The topological polar surface area (TPSA) is 64.0 Å². The van der Waals surface area contributed by atoms with Crippen molar-refractivity contribution in [2.45, 2.75) is 24.4 Å². The molecule has 2 aromatic rings. The van der Waals surface area contributed by atoms with Crippen LogP contribution >= 0.6 is 15.9 Å². The molecule has 19 heavy (non-hydrogen) atoms. The van der Waals surface area contributed by atoms with Crippen LogP contribution in [0.3, 0.4) is 0 Å². The Kier molecular flexibility index (Phi) is 4.38. The van der Waals surface area contributed by atoms with E-state index in [1.807, 2.05) is 0 Å². The molecule has 1 unspecified atom stereocenters. The van der Waals surface area contributed by atoms with Gasteiger partial charge in [-0.15, -0.1) is 0 Å². The monoisotopic (exact) mass is 343 g/mol. The molecule has 0 aliphatic carbocycles. The average molecular weight is 344 g/mol. The minimum atomic E-state index is -3.53. The molecule has 1 N–H and O–H groups in total. The fourth-order valence-corrected chi connectivity index (χ4v) is 3.96. The maximum Gasteiger partial charge on any atom is 0.241 e. The third kappa shape index (κ3) is 3.65. The Morgan fingerprint density at radius 1 is 1.37 bits per heavy atom. The van der Waals surface area contributed by atoms with Gasteiger partial charge in [-0.2, -0.15) is 5.10 Å². The molecule has 1 atom stereocenters. The molecule has 0 amide bonds. The van der Waals surface area contributed by atoms with Gasteiger partial charge in [0, 0.05) is 22.9 Å². The standard InChI is InChI=1S/C12H14BrN3O2S/c1-10(9-16-8-4-7-14-16)15-19(17,18)12-6-3-2-5-11(12)13/h2-8,10,15H,9H2,1H3. The summed E-state index contributed by atoms with van der Waals surface area (Å²) in [5.41, 5.74) is 0. The van der Waals surface area contributed by atoms with Crippen LogP contribution in [0.1, 0.15) is 6.92 Å². The summed E-state index contributed by atoms with van der Waals surface area (Å²) in [6.45, 7) is 2.28. The van der Waals surface area contributed by atoms with Crippen molar-refractivity contribution in [3.63, 3.8) is 0 Å². The third-order valence-corrected chi connectivity index (χ3v) is 5.10. The van der Waals surface area contributed by atoms with Crippen LogP contribution in [-0.2, 0) is 16.6 Å². The molecule has 5 nitrogen and oxygen atoms in total. The number of nitrogens with zero attached hydrogens (tertiary/aromatic N) is 2. The lowest BCUT2D eigenvalue weighted by molar-refractivity contribution is 0.493. The van der Waals surface area contributed by atoms with Crippen LogP contribution in [0, 0.1) is 0 Å². The second kappa shape index (κ2) is 5.85. The fraction of sp³-hybridized carbons (Fsp3) is 0.250. The predicted octanol–water partition coefficient (Wildman–Crippen LogP) is 2.01. The van der Waals surface area contributed by atoms with Crippen molar-refractivity contribution in [3.05, 3.63) is 47.2 Å². The average Bonchev–Trinajstić information content (AvgIpc) is 2.81. The first-order valence-electron chi connectivity index (χ1n) is 5.73. The van der Waals surface area contributed by atoms with Crippen LogP contribution in [-0.4, -0.2) is 24.2 Å². The first-order valence-corrected chi connectivity index (χ1v) is 8.01. The quantitative estimate of drug-likeness (QED) is 0.903. The number of hydrogen-bond donors (Lipinski definition) is 1. The van der Waals surface area contributed by atoms with Crippen LogP contribution in [0.25, 0.3) is 0 Å². The van der Waals surface area contributed by atoms with Crippen molar-refractivity contribution in [1.82, 2.24) is 14.5 Å². The maximum atomic E-state index is 12.2. The summed E-state index contributed by atoms with van der Waals surface area (Å²) >= 11 is 3.25. The number of aromatic nitrogens is 2. The van der Waals surface area contributed by atoms with E-state index in [-0.39, 0.29) is 10.9 Å². The fourth-order valence-electron chi connectivity index (χ4n) is 1.72. The van der Waals surface area contributed by atoms with Crippen molar-refractivity contribution in [2.24, 2.45) is 0 Å². The van der Waals surface area contributed by atoms with Crippen molar-refractivity contribution in [2.75, 3.05) is 0 Å². The first kappa shape index (κ1) is 14.2. The molecule has 1 heterocycles. The highest BCUT2D eigenvalue weighted by Crippen LogP contribution is 2.21. The molecule has 0 saturated carbocycles. The van der Waals surface area contributed by atoms with E-state index >= 15 is 0 Å². The third-order valence-electron chi connectivity index (χ3n) is 2.50. The van der Waals surface area contributed by atoms with E-state index in [1.54, 1.807) is 54.3 Å². The van der Waals surface area contributed by atoms with Crippen LogP contribution in [0.4, 0.5) is 0 Å². The number of sulfonamides is 1. The van der Waals surface area contributed by atoms with E-state index in [9.17, 15) is 8.42 Å². The smallest absolute Gasteiger partial charge is 0.241 e. The second-order valence-corrected chi connectivity index (χ2v) is 6.72. The highest BCUT2D eigenvalue weighted by molar-refractivity contribution is 9.10. The molecule has 0 radical (unpaired) electrons. The maximum absolute atomic E-state index is 12.2. The molecule has 0 aliphatic heterocycles. The lowest BCUT2D eigenvalue weighted by atomic mass is 10.4. The summed E-state index contributed by atoms with van der Waals surface area (Å²) in [7, 11) is -3.53. The van der Waals surface area contributed by atoms with E-state index in [0.717, 1.165) is 0 Å². The molecule has 2 rings (SSSR count). The molecule has 0 aliphatic rings. The normalized spacial score (nSPS) is 13.4. The SMILES string of the molecule is CC(Cn1cccn1)NS(=O)(=O)c1ccccc1Br. The molecule has 102 valence electrons. The van der Waals surface area contributed by atoms with Crippen molar-refractivity contribution >= 4 is 26.0 Å². The van der Waals surface area contributed by atoms with Gasteiger partial charge in [-0.25, -0.2) is 13.1 Å². The minimum absolute atomic E-state index is 0.238. The summed E-state index contributed by atoms with van der Waals surface area (Å²) in [5, 5.41) is 4.05. The van der Waals surface area contributed by atoms with Crippen molar-refractivity contribution in [3.8, 4) is 0 Å². The van der Waals surface area contributed by atoms with Crippen LogP contribution in [0.2, 0.25) is 0 Å². The summed E-state index contributed by atoms with van der Waals surface area (Å²) in [6.07, 6.45) is 3.46. The number of halogens is 1. The lowest BCUT2D eigenvalue weighted by Crippen LogP contribution is -2.35. The van der Waals surface area contributed by atoms with Gasteiger partial charge in [0.05, 0.1) is 11.4 Å². The number of benzene rings is 1. The van der Waals surface area contributed by atoms with Gasteiger partial charge in [0.15, 0.2) is 0 Å². The molecule has 0 bridgehead atoms. The molecule has 0 spiro atoms. The number of nitrogens with one attached hydrogen (secondary N) is 1. The largest absolute Gasteiger partial charge is 0.271 e. The van der Waals surface area contributed by atoms with Crippen molar-refractivity contribution in [1.29, 1.82) is 0 Å². The Hall–Kier alpha value is -1.18. The summed E-state index contributed by atoms with van der Waals surface area (Å²) in [6, 6.07) is 8.28. The Bertz CT molecular complexity index is 641.